The van der Waals surface area contributed by atoms with Gasteiger partial charge in [0.2, 0.25) is 0 Å². The van der Waals surface area contributed by atoms with E-state index in [-0.39, 0.29) is 12.5 Å². The largest absolute Gasteiger partial charge is 0.490 e. The van der Waals surface area contributed by atoms with Crippen molar-refractivity contribution in [1.82, 2.24) is 0 Å². The van der Waals surface area contributed by atoms with Crippen LogP contribution in [0.25, 0.3) is 0 Å². The second-order valence-electron chi connectivity index (χ2n) is 4.34. The summed E-state index contributed by atoms with van der Waals surface area (Å²) in [7, 11) is -14.8. The Morgan fingerprint density at radius 2 is 1.64 bits per heavy atom. The van der Waals surface area contributed by atoms with E-state index in [0.717, 1.165) is 0 Å². The van der Waals surface area contributed by atoms with Crippen LogP contribution in [0, 0.1) is 0 Å². The Bertz CT molecular complexity index is 521. The van der Waals surface area contributed by atoms with Crippen molar-refractivity contribution in [2.75, 3.05) is 13.7 Å². The minimum atomic E-state index is -5.42. The van der Waals surface area contributed by atoms with E-state index in [0.29, 0.717) is 7.11 Å². The molecular weight excluding hydrogens is 369 g/mol. The number of rotatable bonds is 8. The lowest BCUT2D eigenvalue weighted by Crippen LogP contribution is -2.26. The highest BCUT2D eigenvalue weighted by Crippen LogP contribution is 2.67. The van der Waals surface area contributed by atoms with Gasteiger partial charge >= 0.3 is 23.5 Å². The molecule has 22 heavy (non-hydrogen) atoms. The molecule has 0 bridgehead atoms. The number of aliphatic hydroxyl groups excluding tert-OH is 1. The van der Waals surface area contributed by atoms with Crippen molar-refractivity contribution in [3.63, 3.8) is 0 Å². The first-order valence-electron chi connectivity index (χ1n) is 5.81. The molecule has 0 spiro atoms. The van der Waals surface area contributed by atoms with Crippen molar-refractivity contribution < 1.29 is 55.9 Å². The van der Waals surface area contributed by atoms with Crippen LogP contribution in [0.3, 0.4) is 0 Å². The predicted octanol–water partition coefficient (Wildman–Crippen LogP) is 0.522. The van der Waals surface area contributed by atoms with E-state index in [1.54, 1.807) is 6.92 Å². The summed E-state index contributed by atoms with van der Waals surface area (Å²) in [5, 5.41) is 9.54. The zero-order valence-electron chi connectivity index (χ0n) is 11.5. The van der Waals surface area contributed by atoms with Gasteiger partial charge in [-0.05, 0) is 6.92 Å². The molecule has 4 unspecified atom stereocenters. The van der Waals surface area contributed by atoms with Crippen LogP contribution in [-0.4, -0.2) is 51.8 Å². The number of phosphoric acid groups is 3. The molecule has 0 saturated carbocycles. The number of hydrogen-bond donors (Lipinski definition) is 4. The molecule has 1 fully saturated rings. The van der Waals surface area contributed by atoms with Gasteiger partial charge in [0.15, 0.2) is 0 Å². The minimum absolute atomic E-state index is 0.285. The van der Waals surface area contributed by atoms with Gasteiger partial charge in [-0.15, -0.1) is 0 Å². The lowest BCUT2D eigenvalue weighted by Gasteiger charge is -2.19. The maximum atomic E-state index is 11.5. The molecule has 0 amide bonds. The molecule has 1 aliphatic heterocycles. The zero-order chi connectivity index (χ0) is 17.2. The molecule has 0 radical (unpaired) electrons. The van der Waals surface area contributed by atoms with Crippen molar-refractivity contribution in [1.29, 1.82) is 0 Å². The maximum Gasteiger partial charge on any atom is 0.490 e. The van der Waals surface area contributed by atoms with Gasteiger partial charge in [0.25, 0.3) is 0 Å². The standard InChI is InChI=1S/C7H17O12P3/c1-5-3-6(8)7(17-5)4-16-21(11,12)19-22(13,14)18-20(9,10)15-2/h5-8H,3-4H2,1-2H3,(H,9,10)(H,11,12)(H,13,14)/t5-,6?,7+/m1/s1. The third-order valence-corrected chi connectivity index (χ3v) is 6.69. The van der Waals surface area contributed by atoms with Gasteiger partial charge in [0.05, 0.1) is 18.8 Å². The summed E-state index contributed by atoms with van der Waals surface area (Å²) < 4.78 is 54.7. The average molecular weight is 386 g/mol. The molecule has 0 aromatic heterocycles. The summed E-state index contributed by atoms with van der Waals surface area (Å²) in [6, 6.07) is 0. The molecule has 132 valence electrons. The molecule has 6 atom stereocenters. The fraction of sp³-hybridized carbons (Fsp3) is 1.00. The molecule has 0 aliphatic carbocycles. The predicted molar refractivity (Wildman–Crippen MR) is 69.6 cm³/mol. The van der Waals surface area contributed by atoms with Crippen LogP contribution in [-0.2, 0) is 36.1 Å². The monoisotopic (exact) mass is 386 g/mol. The van der Waals surface area contributed by atoms with Crippen LogP contribution in [0.15, 0.2) is 0 Å². The third kappa shape index (κ3) is 6.84. The van der Waals surface area contributed by atoms with Crippen LogP contribution in [0.4, 0.5) is 0 Å². The van der Waals surface area contributed by atoms with Crippen LogP contribution in [0.2, 0.25) is 0 Å². The maximum absolute atomic E-state index is 11.5. The summed E-state index contributed by atoms with van der Waals surface area (Å²) in [6.07, 6.45) is -1.88. The van der Waals surface area contributed by atoms with Gasteiger partial charge in [0.1, 0.15) is 6.10 Å². The number of aliphatic hydroxyl groups is 1. The minimum Gasteiger partial charge on any atom is -0.390 e. The van der Waals surface area contributed by atoms with Gasteiger partial charge < -0.3 is 24.5 Å². The molecule has 1 aliphatic rings. The molecule has 0 aromatic rings. The zero-order valence-corrected chi connectivity index (χ0v) is 14.2. The third-order valence-electron chi connectivity index (χ3n) is 2.46. The van der Waals surface area contributed by atoms with Crippen molar-refractivity contribution >= 4 is 23.5 Å². The molecule has 15 heteroatoms. The molecular formula is C7H17O12P3. The Morgan fingerprint density at radius 1 is 1.09 bits per heavy atom. The first kappa shape index (κ1) is 20.4. The highest BCUT2D eigenvalue weighted by atomic mass is 31.3. The van der Waals surface area contributed by atoms with Crippen LogP contribution in [0.1, 0.15) is 13.3 Å². The van der Waals surface area contributed by atoms with Gasteiger partial charge in [-0.3, -0.25) is 9.05 Å². The van der Waals surface area contributed by atoms with Gasteiger partial charge in [-0.2, -0.15) is 8.62 Å². The number of ether oxygens (including phenoxy) is 1. The van der Waals surface area contributed by atoms with Crippen LogP contribution < -0.4 is 0 Å². The summed E-state index contributed by atoms with van der Waals surface area (Å²) in [6.45, 7) is 1.05. The normalized spacial score (nSPS) is 33.8. The molecule has 1 heterocycles. The topological polar surface area (TPSA) is 178 Å². The summed E-state index contributed by atoms with van der Waals surface area (Å²) >= 11 is 0. The quantitative estimate of drug-likeness (QED) is 0.426. The fourth-order valence-electron chi connectivity index (χ4n) is 1.59. The Kier molecular flexibility index (Phi) is 6.93. The first-order chi connectivity index (χ1) is 9.86. The SMILES string of the molecule is COP(=O)(O)OP(=O)(O)OP(=O)(O)OC[C@@H]1O[C@H](C)CC1O. The van der Waals surface area contributed by atoms with E-state index in [2.05, 4.69) is 17.7 Å². The number of hydrogen-bond acceptors (Lipinski definition) is 9. The van der Waals surface area contributed by atoms with E-state index >= 15 is 0 Å². The first-order valence-corrected chi connectivity index (χ1v) is 10.3. The average Bonchev–Trinajstić information content (AvgIpc) is 2.62. The second kappa shape index (κ2) is 7.48. The Morgan fingerprint density at radius 3 is 2.09 bits per heavy atom. The van der Waals surface area contributed by atoms with Gasteiger partial charge in [-0.25, -0.2) is 13.7 Å². The van der Waals surface area contributed by atoms with Crippen molar-refractivity contribution in [3.05, 3.63) is 0 Å². The summed E-state index contributed by atoms with van der Waals surface area (Å²) in [5.41, 5.74) is 0. The fourth-order valence-corrected chi connectivity index (χ4v) is 4.85. The highest BCUT2D eigenvalue weighted by molar-refractivity contribution is 7.66. The molecule has 4 N–H and O–H groups in total. The Hall–Kier alpha value is 0.330. The lowest BCUT2D eigenvalue weighted by atomic mass is 10.1. The summed E-state index contributed by atoms with van der Waals surface area (Å²) in [4.78, 5) is 27.2. The Balaban J connectivity index is 2.58. The van der Waals surface area contributed by atoms with Gasteiger partial charge in [0, 0.05) is 13.5 Å². The second-order valence-corrected chi connectivity index (χ2v) is 9.08. The van der Waals surface area contributed by atoms with E-state index in [1.165, 1.54) is 0 Å². The van der Waals surface area contributed by atoms with Crippen LogP contribution in [0.5, 0.6) is 0 Å². The van der Waals surface area contributed by atoms with E-state index in [4.69, 9.17) is 14.5 Å². The van der Waals surface area contributed by atoms with Crippen molar-refractivity contribution in [2.24, 2.45) is 0 Å². The van der Waals surface area contributed by atoms with Crippen LogP contribution >= 0.6 is 23.5 Å². The lowest BCUT2D eigenvalue weighted by molar-refractivity contribution is -0.0167. The van der Waals surface area contributed by atoms with E-state index in [9.17, 15) is 23.7 Å². The molecule has 0 aromatic carbocycles. The van der Waals surface area contributed by atoms with Crippen molar-refractivity contribution in [2.45, 2.75) is 31.7 Å². The smallest absolute Gasteiger partial charge is 0.390 e. The number of phosphoric ester groups is 2. The highest BCUT2D eigenvalue weighted by Gasteiger charge is 2.42. The van der Waals surface area contributed by atoms with E-state index < -0.39 is 42.3 Å². The molecule has 12 nitrogen and oxygen atoms in total. The van der Waals surface area contributed by atoms with Crippen molar-refractivity contribution in [3.8, 4) is 0 Å². The van der Waals surface area contributed by atoms with E-state index in [1.807, 2.05) is 0 Å². The molecule has 1 saturated heterocycles. The van der Waals surface area contributed by atoms with Gasteiger partial charge in [-0.1, -0.05) is 0 Å². The summed E-state index contributed by atoms with van der Waals surface area (Å²) in [5.74, 6) is 0. The Labute approximate surface area is 125 Å². The molecule has 1 rings (SSSR count).